The SMILES string of the molecule is COc1ccc2c3c1O[C@@H]1C(O)CC[C@H]([C@@H](NCC4CCC4)C2)C31C. The normalized spacial score (nSPS) is 38.7. The largest absolute Gasteiger partial charge is 0.493 e. The fourth-order valence-corrected chi connectivity index (χ4v) is 5.94. The molecule has 4 nitrogen and oxygen atoms in total. The highest BCUT2D eigenvalue weighted by molar-refractivity contribution is 5.60. The van der Waals surface area contributed by atoms with Gasteiger partial charge >= 0.3 is 0 Å². The van der Waals surface area contributed by atoms with E-state index in [1.807, 2.05) is 6.07 Å². The van der Waals surface area contributed by atoms with Gasteiger partial charge in [-0.1, -0.05) is 19.4 Å². The van der Waals surface area contributed by atoms with E-state index in [1.165, 1.54) is 30.4 Å². The zero-order valence-electron chi connectivity index (χ0n) is 15.3. The van der Waals surface area contributed by atoms with Crippen LogP contribution in [0.2, 0.25) is 0 Å². The Morgan fingerprint density at radius 1 is 1.28 bits per heavy atom. The van der Waals surface area contributed by atoms with Crippen LogP contribution in [-0.4, -0.2) is 37.0 Å². The van der Waals surface area contributed by atoms with Crippen LogP contribution in [0.15, 0.2) is 12.1 Å². The lowest BCUT2D eigenvalue weighted by Gasteiger charge is -2.51. The van der Waals surface area contributed by atoms with E-state index in [2.05, 4.69) is 18.3 Å². The van der Waals surface area contributed by atoms with E-state index in [4.69, 9.17) is 9.47 Å². The molecule has 0 spiro atoms. The number of benzene rings is 1. The molecule has 0 aromatic heterocycles. The maximum atomic E-state index is 10.7. The van der Waals surface area contributed by atoms with Crippen molar-refractivity contribution < 1.29 is 14.6 Å². The highest BCUT2D eigenvalue weighted by atomic mass is 16.5. The number of methoxy groups -OCH3 is 1. The average molecular weight is 343 g/mol. The fourth-order valence-electron chi connectivity index (χ4n) is 5.94. The van der Waals surface area contributed by atoms with Crippen molar-refractivity contribution in [3.05, 3.63) is 23.3 Å². The molecule has 1 aromatic carbocycles. The topological polar surface area (TPSA) is 50.7 Å². The lowest BCUT2D eigenvalue weighted by molar-refractivity contribution is -0.0565. The maximum absolute atomic E-state index is 10.7. The summed E-state index contributed by atoms with van der Waals surface area (Å²) < 4.78 is 11.9. The molecule has 4 heteroatoms. The van der Waals surface area contributed by atoms with E-state index in [-0.39, 0.29) is 11.5 Å². The molecule has 0 saturated heterocycles. The van der Waals surface area contributed by atoms with Crippen molar-refractivity contribution in [1.82, 2.24) is 5.32 Å². The first-order valence-electron chi connectivity index (χ1n) is 9.91. The Kier molecular flexibility index (Phi) is 3.58. The van der Waals surface area contributed by atoms with Crippen LogP contribution in [0, 0.1) is 11.8 Å². The molecule has 3 aliphatic carbocycles. The third-order valence-electron chi connectivity index (χ3n) is 7.51. The Morgan fingerprint density at radius 2 is 2.12 bits per heavy atom. The van der Waals surface area contributed by atoms with Crippen molar-refractivity contribution in [2.45, 2.75) is 69.1 Å². The van der Waals surface area contributed by atoms with Crippen LogP contribution < -0.4 is 14.8 Å². The molecular formula is C21H29NO3. The minimum Gasteiger partial charge on any atom is -0.493 e. The van der Waals surface area contributed by atoms with Crippen LogP contribution in [0.3, 0.4) is 0 Å². The summed E-state index contributed by atoms with van der Waals surface area (Å²) in [7, 11) is 1.70. The van der Waals surface area contributed by atoms with Crippen molar-refractivity contribution >= 4 is 0 Å². The summed E-state index contributed by atoms with van der Waals surface area (Å²) in [6.45, 7) is 3.46. The minimum absolute atomic E-state index is 0.119. The molecule has 0 radical (unpaired) electrons. The van der Waals surface area contributed by atoms with E-state index in [9.17, 15) is 5.11 Å². The molecule has 0 amide bonds. The smallest absolute Gasteiger partial charge is 0.165 e. The number of hydrogen-bond acceptors (Lipinski definition) is 4. The van der Waals surface area contributed by atoms with E-state index in [0.717, 1.165) is 43.2 Å². The highest BCUT2D eigenvalue weighted by Gasteiger charge is 2.61. The van der Waals surface area contributed by atoms with Gasteiger partial charge in [-0.05, 0) is 62.1 Å². The monoisotopic (exact) mass is 343 g/mol. The predicted octanol–water partition coefficient (Wildman–Crippen LogP) is 2.80. The first-order chi connectivity index (χ1) is 12.1. The van der Waals surface area contributed by atoms with Gasteiger partial charge in [-0.25, -0.2) is 0 Å². The third-order valence-corrected chi connectivity index (χ3v) is 7.51. The number of aliphatic hydroxyl groups excluding tert-OH is 1. The minimum atomic E-state index is -0.392. The molecule has 0 bridgehead atoms. The summed E-state index contributed by atoms with van der Waals surface area (Å²) in [5.41, 5.74) is 2.56. The van der Waals surface area contributed by atoms with Gasteiger partial charge in [0.2, 0.25) is 0 Å². The summed E-state index contributed by atoms with van der Waals surface area (Å²) >= 11 is 0. The molecule has 1 aromatic rings. The first-order valence-corrected chi connectivity index (χ1v) is 9.91. The summed E-state index contributed by atoms with van der Waals surface area (Å²) in [5, 5.41) is 14.6. The van der Waals surface area contributed by atoms with E-state index in [0.29, 0.717) is 12.0 Å². The van der Waals surface area contributed by atoms with Crippen LogP contribution in [-0.2, 0) is 11.8 Å². The molecule has 1 aliphatic heterocycles. The van der Waals surface area contributed by atoms with Crippen molar-refractivity contribution in [2.75, 3.05) is 13.7 Å². The summed E-state index contributed by atoms with van der Waals surface area (Å²) in [4.78, 5) is 0. The predicted molar refractivity (Wildman–Crippen MR) is 96.3 cm³/mol. The first kappa shape index (κ1) is 16.0. The zero-order valence-corrected chi connectivity index (χ0v) is 15.3. The second kappa shape index (κ2) is 5.62. The number of ether oxygens (including phenoxy) is 2. The van der Waals surface area contributed by atoms with Crippen LogP contribution >= 0.6 is 0 Å². The molecule has 2 unspecified atom stereocenters. The van der Waals surface area contributed by atoms with Gasteiger partial charge in [-0.15, -0.1) is 0 Å². The zero-order chi connectivity index (χ0) is 17.2. The van der Waals surface area contributed by atoms with Gasteiger partial charge in [0.25, 0.3) is 0 Å². The molecular weight excluding hydrogens is 314 g/mol. The average Bonchev–Trinajstić information content (AvgIpc) is 2.88. The second-order valence-electron chi connectivity index (χ2n) is 8.72. The van der Waals surface area contributed by atoms with E-state index < -0.39 is 6.10 Å². The molecule has 1 heterocycles. The van der Waals surface area contributed by atoms with Gasteiger partial charge in [0.1, 0.15) is 6.10 Å². The van der Waals surface area contributed by atoms with Crippen molar-refractivity contribution in [3.63, 3.8) is 0 Å². The Bertz CT molecular complexity index is 686. The number of nitrogens with one attached hydrogen (secondary N) is 1. The molecule has 25 heavy (non-hydrogen) atoms. The van der Waals surface area contributed by atoms with Gasteiger partial charge in [0.15, 0.2) is 11.5 Å². The summed E-state index contributed by atoms with van der Waals surface area (Å²) in [5.74, 6) is 3.07. The lowest BCUT2D eigenvalue weighted by atomic mass is 9.55. The van der Waals surface area contributed by atoms with Crippen molar-refractivity contribution in [1.29, 1.82) is 0 Å². The molecule has 5 atom stereocenters. The molecule has 4 aliphatic rings. The Balaban J connectivity index is 1.55. The standard InChI is InChI=1S/C21H29NO3/c1-21-14-7-8-16(23)20(21)25-19-17(24-2)9-6-13(18(19)21)10-15(14)22-11-12-4-3-5-12/h6,9,12,14-16,20,22-23H,3-5,7-8,10-11H2,1-2H3/t14-,15+,16?,20-,21?/m1/s1. The van der Waals surface area contributed by atoms with Crippen LogP contribution in [0.4, 0.5) is 0 Å². The summed E-state index contributed by atoms with van der Waals surface area (Å²) in [6, 6.07) is 4.73. The Labute approximate surface area is 149 Å². The highest BCUT2D eigenvalue weighted by Crippen LogP contribution is 2.60. The Hall–Kier alpha value is -1.26. The van der Waals surface area contributed by atoms with E-state index >= 15 is 0 Å². The van der Waals surface area contributed by atoms with Gasteiger partial charge in [0.05, 0.1) is 13.2 Å². The van der Waals surface area contributed by atoms with Gasteiger partial charge < -0.3 is 19.9 Å². The van der Waals surface area contributed by atoms with Crippen LogP contribution in [0.1, 0.15) is 50.2 Å². The lowest BCUT2D eigenvalue weighted by Crippen LogP contribution is -2.61. The molecule has 5 rings (SSSR count). The number of aliphatic hydroxyl groups is 1. The Morgan fingerprint density at radius 3 is 2.84 bits per heavy atom. The third kappa shape index (κ3) is 2.13. The second-order valence-corrected chi connectivity index (χ2v) is 8.72. The van der Waals surface area contributed by atoms with Gasteiger partial charge in [0, 0.05) is 17.0 Å². The number of rotatable bonds is 4. The summed E-state index contributed by atoms with van der Waals surface area (Å²) in [6.07, 6.45) is 6.57. The van der Waals surface area contributed by atoms with Crippen molar-refractivity contribution in [2.24, 2.45) is 11.8 Å². The number of hydrogen-bond donors (Lipinski definition) is 2. The fraction of sp³-hybridized carbons (Fsp3) is 0.714. The molecule has 136 valence electrons. The molecule has 2 N–H and O–H groups in total. The molecule has 2 fully saturated rings. The van der Waals surface area contributed by atoms with Gasteiger partial charge in [-0.2, -0.15) is 0 Å². The van der Waals surface area contributed by atoms with E-state index in [1.54, 1.807) is 7.11 Å². The van der Waals surface area contributed by atoms with Crippen LogP contribution in [0.25, 0.3) is 0 Å². The van der Waals surface area contributed by atoms with Gasteiger partial charge in [-0.3, -0.25) is 0 Å². The van der Waals surface area contributed by atoms with Crippen LogP contribution in [0.5, 0.6) is 11.5 Å². The maximum Gasteiger partial charge on any atom is 0.165 e. The quantitative estimate of drug-likeness (QED) is 0.883. The van der Waals surface area contributed by atoms with Crippen molar-refractivity contribution in [3.8, 4) is 11.5 Å². The molecule has 2 saturated carbocycles.